The van der Waals surface area contributed by atoms with E-state index >= 15 is 0 Å². The van der Waals surface area contributed by atoms with Crippen molar-refractivity contribution in [1.29, 1.82) is 0 Å². The molecule has 1 aromatic carbocycles. The van der Waals surface area contributed by atoms with Crippen molar-refractivity contribution in [1.82, 2.24) is 0 Å². The summed E-state index contributed by atoms with van der Waals surface area (Å²) >= 11 is 5.56. The van der Waals surface area contributed by atoms with Gasteiger partial charge in [-0.25, -0.2) is 4.79 Å². The lowest BCUT2D eigenvalue weighted by Crippen LogP contribution is -2.06. The number of unbranched alkanes of at least 4 members (excludes halogenated alkanes) is 3. The van der Waals surface area contributed by atoms with E-state index in [0.29, 0.717) is 18.1 Å². The van der Waals surface area contributed by atoms with Crippen molar-refractivity contribution in [3.63, 3.8) is 0 Å². The number of ether oxygens (including phenoxy) is 1. The predicted molar refractivity (Wildman–Crippen MR) is 65.9 cm³/mol. The van der Waals surface area contributed by atoms with E-state index in [1.165, 1.54) is 0 Å². The summed E-state index contributed by atoms with van der Waals surface area (Å²) in [5, 5.41) is 0. The highest BCUT2D eigenvalue weighted by molar-refractivity contribution is 6.17. The van der Waals surface area contributed by atoms with Crippen molar-refractivity contribution in [2.75, 3.05) is 12.5 Å². The SMILES string of the molecule is O=C(OCCCCCCCl)c1ccccc1. The fourth-order valence-corrected chi connectivity index (χ4v) is 1.56. The molecule has 1 rings (SSSR count). The molecular formula is C13H17ClO2. The molecule has 0 fully saturated rings. The van der Waals surface area contributed by atoms with Crippen LogP contribution in [0.2, 0.25) is 0 Å². The zero-order valence-corrected chi connectivity index (χ0v) is 10.1. The molecule has 0 atom stereocenters. The molecule has 0 bridgehead atoms. The van der Waals surface area contributed by atoms with Crippen LogP contribution in [0.3, 0.4) is 0 Å². The standard InChI is InChI=1S/C13H17ClO2/c14-10-6-1-2-7-11-16-13(15)12-8-4-3-5-9-12/h3-5,8-9H,1-2,6-7,10-11H2. The molecule has 1 aromatic rings. The number of hydrogen-bond donors (Lipinski definition) is 0. The number of carbonyl (C=O) groups is 1. The average molecular weight is 241 g/mol. The number of esters is 1. The van der Waals surface area contributed by atoms with E-state index in [-0.39, 0.29) is 5.97 Å². The lowest BCUT2D eigenvalue weighted by molar-refractivity contribution is 0.0498. The minimum Gasteiger partial charge on any atom is -0.462 e. The van der Waals surface area contributed by atoms with Crippen LogP contribution in [0.4, 0.5) is 0 Å². The van der Waals surface area contributed by atoms with E-state index < -0.39 is 0 Å². The minimum atomic E-state index is -0.238. The van der Waals surface area contributed by atoms with Gasteiger partial charge < -0.3 is 4.74 Å². The Balaban J connectivity index is 2.12. The number of benzene rings is 1. The molecule has 0 heterocycles. The first-order valence-corrected chi connectivity index (χ1v) is 6.16. The van der Waals surface area contributed by atoms with Crippen LogP contribution in [0.5, 0.6) is 0 Å². The number of halogens is 1. The van der Waals surface area contributed by atoms with E-state index in [2.05, 4.69) is 0 Å². The second-order valence-corrected chi connectivity index (χ2v) is 3.98. The minimum absolute atomic E-state index is 0.238. The zero-order valence-electron chi connectivity index (χ0n) is 9.32. The maximum Gasteiger partial charge on any atom is 0.338 e. The number of hydrogen-bond acceptors (Lipinski definition) is 2. The molecule has 0 radical (unpaired) electrons. The molecule has 0 amide bonds. The molecule has 3 heteroatoms. The summed E-state index contributed by atoms with van der Waals surface area (Å²) in [6.45, 7) is 0.496. The molecule has 0 aliphatic heterocycles. The van der Waals surface area contributed by atoms with Gasteiger partial charge in [0.2, 0.25) is 0 Å². The van der Waals surface area contributed by atoms with Crippen LogP contribution in [-0.4, -0.2) is 18.5 Å². The van der Waals surface area contributed by atoms with Gasteiger partial charge in [0.05, 0.1) is 12.2 Å². The van der Waals surface area contributed by atoms with E-state index in [0.717, 1.165) is 25.7 Å². The fourth-order valence-electron chi connectivity index (χ4n) is 1.37. The van der Waals surface area contributed by atoms with Gasteiger partial charge in [0.1, 0.15) is 0 Å². The molecule has 0 aromatic heterocycles. The lowest BCUT2D eigenvalue weighted by Gasteiger charge is -2.04. The Bertz CT molecular complexity index is 298. The molecule has 0 saturated carbocycles. The maximum atomic E-state index is 11.5. The van der Waals surface area contributed by atoms with Gasteiger partial charge in [0.15, 0.2) is 0 Å². The van der Waals surface area contributed by atoms with Gasteiger partial charge in [-0.05, 0) is 25.0 Å². The summed E-state index contributed by atoms with van der Waals surface area (Å²) in [5.74, 6) is 0.474. The summed E-state index contributed by atoms with van der Waals surface area (Å²) in [6.07, 6.45) is 4.12. The van der Waals surface area contributed by atoms with Gasteiger partial charge in [-0.1, -0.05) is 31.0 Å². The van der Waals surface area contributed by atoms with Crippen LogP contribution >= 0.6 is 11.6 Å². The molecule has 0 saturated heterocycles. The smallest absolute Gasteiger partial charge is 0.338 e. The van der Waals surface area contributed by atoms with Crippen LogP contribution in [0.15, 0.2) is 30.3 Å². The third kappa shape index (κ3) is 5.17. The van der Waals surface area contributed by atoms with Crippen molar-refractivity contribution in [3.8, 4) is 0 Å². The topological polar surface area (TPSA) is 26.3 Å². The van der Waals surface area contributed by atoms with Gasteiger partial charge in [-0.3, -0.25) is 0 Å². The third-order valence-electron chi connectivity index (χ3n) is 2.27. The quantitative estimate of drug-likeness (QED) is 0.413. The van der Waals surface area contributed by atoms with Crippen LogP contribution in [-0.2, 0) is 4.74 Å². The maximum absolute atomic E-state index is 11.5. The molecule has 0 aliphatic rings. The van der Waals surface area contributed by atoms with Crippen molar-refractivity contribution in [3.05, 3.63) is 35.9 Å². The Kier molecular flexibility index (Phi) is 6.66. The first kappa shape index (κ1) is 13.0. The zero-order chi connectivity index (χ0) is 11.6. The second kappa shape index (κ2) is 8.17. The highest BCUT2D eigenvalue weighted by Crippen LogP contribution is 2.04. The second-order valence-electron chi connectivity index (χ2n) is 3.61. The van der Waals surface area contributed by atoms with Gasteiger partial charge in [-0.2, -0.15) is 0 Å². The van der Waals surface area contributed by atoms with Crippen LogP contribution in [0, 0.1) is 0 Å². The van der Waals surface area contributed by atoms with Crippen LogP contribution in [0.25, 0.3) is 0 Å². The van der Waals surface area contributed by atoms with Crippen LogP contribution < -0.4 is 0 Å². The summed E-state index contributed by atoms with van der Waals surface area (Å²) in [4.78, 5) is 11.5. The van der Waals surface area contributed by atoms with Gasteiger partial charge in [0, 0.05) is 5.88 Å². The first-order valence-electron chi connectivity index (χ1n) is 5.62. The molecule has 0 spiro atoms. The third-order valence-corrected chi connectivity index (χ3v) is 2.54. The Morgan fingerprint density at radius 1 is 1.06 bits per heavy atom. The summed E-state index contributed by atoms with van der Waals surface area (Å²) in [7, 11) is 0. The molecule has 2 nitrogen and oxygen atoms in total. The number of alkyl halides is 1. The monoisotopic (exact) mass is 240 g/mol. The number of rotatable bonds is 7. The largest absolute Gasteiger partial charge is 0.462 e. The van der Waals surface area contributed by atoms with E-state index in [1.807, 2.05) is 18.2 Å². The van der Waals surface area contributed by atoms with E-state index in [9.17, 15) is 4.79 Å². The summed E-state index contributed by atoms with van der Waals surface area (Å²) < 4.78 is 5.14. The van der Waals surface area contributed by atoms with Crippen molar-refractivity contribution in [2.45, 2.75) is 25.7 Å². The number of carbonyl (C=O) groups excluding carboxylic acids is 1. The Labute approximate surface area is 102 Å². The van der Waals surface area contributed by atoms with Gasteiger partial charge in [-0.15, -0.1) is 11.6 Å². The Morgan fingerprint density at radius 2 is 1.75 bits per heavy atom. The highest BCUT2D eigenvalue weighted by Gasteiger charge is 2.04. The Hall–Kier alpha value is -1.02. The molecule has 0 aliphatic carbocycles. The van der Waals surface area contributed by atoms with Crippen molar-refractivity contribution in [2.24, 2.45) is 0 Å². The molecule has 88 valence electrons. The lowest BCUT2D eigenvalue weighted by atomic mass is 10.2. The van der Waals surface area contributed by atoms with Crippen molar-refractivity contribution >= 4 is 17.6 Å². The summed E-state index contributed by atoms with van der Waals surface area (Å²) in [5.41, 5.74) is 0.614. The van der Waals surface area contributed by atoms with Gasteiger partial charge in [0.25, 0.3) is 0 Å². The molecule has 0 unspecified atom stereocenters. The normalized spacial score (nSPS) is 10.1. The van der Waals surface area contributed by atoms with Crippen molar-refractivity contribution < 1.29 is 9.53 Å². The summed E-state index contributed by atoms with van der Waals surface area (Å²) in [6, 6.07) is 9.06. The molecule has 0 N–H and O–H groups in total. The molecule has 16 heavy (non-hydrogen) atoms. The van der Waals surface area contributed by atoms with Gasteiger partial charge >= 0.3 is 5.97 Å². The fraction of sp³-hybridized carbons (Fsp3) is 0.462. The van der Waals surface area contributed by atoms with Crippen LogP contribution in [0.1, 0.15) is 36.0 Å². The average Bonchev–Trinajstić information content (AvgIpc) is 2.34. The first-order chi connectivity index (χ1) is 7.84. The van der Waals surface area contributed by atoms with E-state index in [1.54, 1.807) is 12.1 Å². The molecular weight excluding hydrogens is 224 g/mol. The van der Waals surface area contributed by atoms with E-state index in [4.69, 9.17) is 16.3 Å². The Morgan fingerprint density at radius 3 is 2.44 bits per heavy atom. The highest BCUT2D eigenvalue weighted by atomic mass is 35.5. The predicted octanol–water partition coefficient (Wildman–Crippen LogP) is 3.64.